The molecule has 0 radical (unpaired) electrons. The molecule has 0 heterocycles. The molecule has 0 unspecified atom stereocenters. The normalized spacial score (nSPS) is 12.9. The van der Waals surface area contributed by atoms with Gasteiger partial charge in [-0.3, -0.25) is 4.79 Å². The SMILES string of the molecule is C=CCN(C)C(=O)[C@H](C)N(CC(F)(F)F)c1ccc(C#N)c(C(F)(F)F)c1. The molecule has 0 saturated heterocycles. The molecule has 0 saturated carbocycles. The molecule has 1 aromatic rings. The maximum atomic E-state index is 13.1. The van der Waals surface area contributed by atoms with Gasteiger partial charge in [-0.15, -0.1) is 6.58 Å². The molecule has 0 aliphatic heterocycles. The summed E-state index contributed by atoms with van der Waals surface area (Å²) in [4.78, 5) is 14.0. The van der Waals surface area contributed by atoms with Crippen LogP contribution in [0.4, 0.5) is 32.0 Å². The van der Waals surface area contributed by atoms with Crippen LogP contribution >= 0.6 is 0 Å². The van der Waals surface area contributed by atoms with Crippen molar-refractivity contribution in [1.82, 2.24) is 4.90 Å². The molecule has 1 rings (SSSR count). The quantitative estimate of drug-likeness (QED) is 0.543. The number of amides is 1. The monoisotopic (exact) mass is 393 g/mol. The Bertz CT molecular complexity index is 736. The topological polar surface area (TPSA) is 47.3 Å². The molecule has 0 aliphatic rings. The fourth-order valence-electron chi connectivity index (χ4n) is 2.42. The highest BCUT2D eigenvalue weighted by molar-refractivity contribution is 5.85. The van der Waals surface area contributed by atoms with Gasteiger partial charge in [0.05, 0.1) is 17.2 Å². The molecule has 0 aliphatic carbocycles. The Hall–Kier alpha value is -2.70. The number of rotatable bonds is 6. The van der Waals surface area contributed by atoms with Gasteiger partial charge in [0.2, 0.25) is 5.91 Å². The lowest BCUT2D eigenvalue weighted by Crippen LogP contribution is -2.49. The standard InChI is InChI=1S/C17H17F6N3O/c1-4-7-25(3)15(27)11(2)26(10-16(18,19)20)13-6-5-12(9-24)14(8-13)17(21,22)23/h4-6,8,11H,1,7,10H2,2-3H3/t11-/m0/s1. The number of benzene rings is 1. The highest BCUT2D eigenvalue weighted by Crippen LogP contribution is 2.35. The first-order valence-electron chi connectivity index (χ1n) is 7.62. The smallest absolute Gasteiger partial charge is 0.351 e. The van der Waals surface area contributed by atoms with Gasteiger partial charge in [0.1, 0.15) is 12.6 Å². The van der Waals surface area contributed by atoms with Crippen molar-refractivity contribution in [3.63, 3.8) is 0 Å². The van der Waals surface area contributed by atoms with E-state index in [1.165, 1.54) is 26.1 Å². The molecule has 0 spiro atoms. The van der Waals surface area contributed by atoms with Gasteiger partial charge in [-0.2, -0.15) is 31.6 Å². The molecule has 0 aromatic heterocycles. The number of alkyl halides is 6. The van der Waals surface area contributed by atoms with E-state index >= 15 is 0 Å². The zero-order valence-electron chi connectivity index (χ0n) is 14.5. The third-order valence-electron chi connectivity index (χ3n) is 3.71. The van der Waals surface area contributed by atoms with Crippen molar-refractivity contribution >= 4 is 11.6 Å². The summed E-state index contributed by atoms with van der Waals surface area (Å²) in [6.07, 6.45) is -8.34. The Morgan fingerprint density at radius 3 is 2.33 bits per heavy atom. The van der Waals surface area contributed by atoms with Gasteiger partial charge >= 0.3 is 12.4 Å². The summed E-state index contributed by atoms with van der Waals surface area (Å²) < 4.78 is 78.3. The number of hydrogen-bond donors (Lipinski definition) is 0. The number of halogens is 6. The summed E-state index contributed by atoms with van der Waals surface area (Å²) in [5.41, 5.74) is -2.55. The Balaban J connectivity index is 3.43. The molecular weight excluding hydrogens is 376 g/mol. The fourth-order valence-corrected chi connectivity index (χ4v) is 2.42. The van der Waals surface area contributed by atoms with E-state index in [0.29, 0.717) is 11.0 Å². The summed E-state index contributed by atoms with van der Waals surface area (Å²) in [6, 6.07) is 2.14. The van der Waals surface area contributed by atoms with Crippen LogP contribution in [-0.4, -0.2) is 43.2 Å². The largest absolute Gasteiger partial charge is 0.417 e. The highest BCUT2D eigenvalue weighted by Gasteiger charge is 2.38. The summed E-state index contributed by atoms with van der Waals surface area (Å²) >= 11 is 0. The zero-order chi connectivity index (χ0) is 21.0. The van der Waals surface area contributed by atoms with Crippen molar-refractivity contribution in [3.8, 4) is 6.07 Å². The third-order valence-corrected chi connectivity index (χ3v) is 3.71. The Morgan fingerprint density at radius 2 is 1.89 bits per heavy atom. The van der Waals surface area contributed by atoms with E-state index < -0.39 is 47.7 Å². The van der Waals surface area contributed by atoms with Crippen molar-refractivity contribution in [3.05, 3.63) is 42.0 Å². The first kappa shape index (κ1) is 22.3. The molecule has 0 bridgehead atoms. The third kappa shape index (κ3) is 5.91. The molecule has 1 amide bonds. The van der Waals surface area contributed by atoms with Gasteiger partial charge in [-0.25, -0.2) is 0 Å². The molecule has 4 nitrogen and oxygen atoms in total. The molecule has 27 heavy (non-hydrogen) atoms. The van der Waals surface area contributed by atoms with Gasteiger partial charge in [-0.05, 0) is 25.1 Å². The fraction of sp³-hybridized carbons (Fsp3) is 0.412. The van der Waals surface area contributed by atoms with Gasteiger partial charge < -0.3 is 9.80 Å². The van der Waals surface area contributed by atoms with Crippen LogP contribution < -0.4 is 4.90 Å². The number of nitriles is 1. The predicted molar refractivity (Wildman–Crippen MR) is 86.9 cm³/mol. The number of carbonyl (C=O) groups is 1. The number of carbonyl (C=O) groups excluding carboxylic acids is 1. The molecule has 1 atom stereocenters. The number of likely N-dealkylation sites (N-methyl/N-ethyl adjacent to an activating group) is 1. The Labute approximate surface area is 152 Å². The Morgan fingerprint density at radius 1 is 1.30 bits per heavy atom. The lowest BCUT2D eigenvalue weighted by Gasteiger charge is -2.33. The summed E-state index contributed by atoms with van der Waals surface area (Å²) in [6.45, 7) is 3.01. The zero-order valence-corrected chi connectivity index (χ0v) is 14.5. The van der Waals surface area contributed by atoms with Crippen LogP contribution in [0.1, 0.15) is 18.1 Å². The first-order valence-corrected chi connectivity index (χ1v) is 7.62. The molecule has 1 aromatic carbocycles. The van der Waals surface area contributed by atoms with Crippen LogP contribution in [0.5, 0.6) is 0 Å². The summed E-state index contributed by atoms with van der Waals surface area (Å²) in [5.74, 6) is -0.725. The predicted octanol–water partition coefficient (Wildman–Crippen LogP) is 3.98. The van der Waals surface area contributed by atoms with E-state index in [-0.39, 0.29) is 6.54 Å². The van der Waals surface area contributed by atoms with Gasteiger partial charge in [0, 0.05) is 19.3 Å². The minimum atomic E-state index is -4.93. The molecular formula is C17H17F6N3O. The second-order valence-corrected chi connectivity index (χ2v) is 5.77. The van der Waals surface area contributed by atoms with Crippen LogP contribution in [-0.2, 0) is 11.0 Å². The molecule has 0 N–H and O–H groups in total. The molecule has 0 fully saturated rings. The van der Waals surface area contributed by atoms with Crippen LogP contribution in [0.3, 0.4) is 0 Å². The maximum absolute atomic E-state index is 13.1. The average molecular weight is 393 g/mol. The van der Waals surface area contributed by atoms with E-state index in [2.05, 4.69) is 6.58 Å². The van der Waals surface area contributed by atoms with Crippen molar-refractivity contribution in [2.45, 2.75) is 25.3 Å². The van der Waals surface area contributed by atoms with E-state index in [1.807, 2.05) is 0 Å². The first-order chi connectivity index (χ1) is 12.3. The van der Waals surface area contributed by atoms with Gasteiger partial charge in [0.25, 0.3) is 0 Å². The van der Waals surface area contributed by atoms with Crippen LogP contribution in [0.2, 0.25) is 0 Å². The average Bonchev–Trinajstić information content (AvgIpc) is 2.56. The van der Waals surface area contributed by atoms with E-state index in [1.54, 1.807) is 0 Å². The minimum absolute atomic E-state index is 0.0597. The van der Waals surface area contributed by atoms with Crippen molar-refractivity contribution in [1.29, 1.82) is 5.26 Å². The van der Waals surface area contributed by atoms with Crippen LogP contribution in [0.15, 0.2) is 30.9 Å². The lowest BCUT2D eigenvalue weighted by molar-refractivity contribution is -0.137. The van der Waals surface area contributed by atoms with Gasteiger partial charge in [-0.1, -0.05) is 6.08 Å². The van der Waals surface area contributed by atoms with E-state index in [0.717, 1.165) is 17.0 Å². The summed E-state index contributed by atoms with van der Waals surface area (Å²) in [7, 11) is 1.34. The van der Waals surface area contributed by atoms with Crippen LogP contribution in [0, 0.1) is 11.3 Å². The van der Waals surface area contributed by atoms with Crippen molar-refractivity contribution in [2.75, 3.05) is 25.0 Å². The summed E-state index contributed by atoms with van der Waals surface area (Å²) in [5, 5.41) is 8.81. The van der Waals surface area contributed by atoms with Crippen molar-refractivity contribution in [2.24, 2.45) is 0 Å². The minimum Gasteiger partial charge on any atom is -0.351 e. The van der Waals surface area contributed by atoms with E-state index in [4.69, 9.17) is 5.26 Å². The second kappa shape index (κ2) is 8.33. The highest BCUT2D eigenvalue weighted by atomic mass is 19.4. The van der Waals surface area contributed by atoms with Crippen molar-refractivity contribution < 1.29 is 31.1 Å². The number of nitrogens with zero attached hydrogens (tertiary/aromatic N) is 3. The molecule has 148 valence electrons. The molecule has 10 heteroatoms. The van der Waals surface area contributed by atoms with Crippen LogP contribution in [0.25, 0.3) is 0 Å². The maximum Gasteiger partial charge on any atom is 0.417 e. The number of hydrogen-bond acceptors (Lipinski definition) is 3. The van der Waals surface area contributed by atoms with Gasteiger partial charge in [0.15, 0.2) is 0 Å². The number of anilines is 1. The second-order valence-electron chi connectivity index (χ2n) is 5.77. The van der Waals surface area contributed by atoms with E-state index in [9.17, 15) is 31.1 Å². The Kier molecular flexibility index (Phi) is 6.89. The lowest BCUT2D eigenvalue weighted by atomic mass is 10.1.